The summed E-state index contributed by atoms with van der Waals surface area (Å²) in [5.41, 5.74) is -1.01. The summed E-state index contributed by atoms with van der Waals surface area (Å²) >= 11 is 0. The van der Waals surface area contributed by atoms with Gasteiger partial charge in [0.25, 0.3) is 0 Å². The smallest absolute Gasteiger partial charge is 0.172 e. The number of Topliss-reactive ketones (excluding diaryl/α,β-unsaturated/α-hetero) is 1. The van der Waals surface area contributed by atoms with Crippen LogP contribution in [-0.2, 0) is 23.7 Å². The number of aliphatic hydroxyl groups excluding tert-OH is 1. The number of carbonyl (C=O) groups excluding carboxylic acids is 1. The third kappa shape index (κ3) is 3.46. The molecule has 2 saturated heterocycles. The Morgan fingerprint density at radius 1 is 1.10 bits per heavy atom. The van der Waals surface area contributed by atoms with Crippen molar-refractivity contribution in [1.29, 1.82) is 0 Å². The van der Waals surface area contributed by atoms with Crippen molar-refractivity contribution in [2.75, 3.05) is 13.2 Å². The van der Waals surface area contributed by atoms with Crippen LogP contribution >= 0.6 is 0 Å². The van der Waals surface area contributed by atoms with E-state index in [1.807, 2.05) is 0 Å². The van der Waals surface area contributed by atoms with E-state index in [1.165, 1.54) is 0 Å². The van der Waals surface area contributed by atoms with Gasteiger partial charge in [-0.05, 0) is 27.7 Å². The summed E-state index contributed by atoms with van der Waals surface area (Å²) in [6, 6.07) is 0. The molecule has 2 heterocycles. The molecule has 0 radical (unpaired) electrons. The number of aliphatic hydroxyl groups is 1. The SMILES string of the molecule is CC1(C)OC[C@@H]([C@H](O)C(C)(C)C(=O)[C@H]2COC(C)(C)O2)O1. The predicted octanol–water partition coefficient (Wildman–Crippen LogP) is 1.25. The number of ether oxygens (including phenoxy) is 4. The average Bonchev–Trinajstić information content (AvgIpc) is 2.89. The van der Waals surface area contributed by atoms with Gasteiger partial charge in [-0.3, -0.25) is 4.79 Å². The molecule has 0 amide bonds. The van der Waals surface area contributed by atoms with Crippen molar-refractivity contribution >= 4 is 5.78 Å². The molecule has 0 bridgehead atoms. The molecule has 2 aliphatic heterocycles. The maximum Gasteiger partial charge on any atom is 0.172 e. The van der Waals surface area contributed by atoms with Crippen LogP contribution in [0.15, 0.2) is 0 Å². The molecule has 0 spiro atoms. The van der Waals surface area contributed by atoms with Crippen LogP contribution in [0.1, 0.15) is 41.5 Å². The molecule has 6 heteroatoms. The molecular formula is C15H26O6. The first-order valence-electron chi connectivity index (χ1n) is 7.30. The second-order valence-corrected chi connectivity index (χ2v) is 7.22. The van der Waals surface area contributed by atoms with E-state index in [-0.39, 0.29) is 19.0 Å². The van der Waals surface area contributed by atoms with E-state index in [0.29, 0.717) is 0 Å². The minimum absolute atomic E-state index is 0.186. The van der Waals surface area contributed by atoms with Crippen molar-refractivity contribution in [1.82, 2.24) is 0 Å². The van der Waals surface area contributed by atoms with E-state index < -0.39 is 35.3 Å². The van der Waals surface area contributed by atoms with Gasteiger partial charge in [0.2, 0.25) is 0 Å². The van der Waals surface area contributed by atoms with E-state index in [4.69, 9.17) is 18.9 Å². The molecule has 0 aromatic rings. The summed E-state index contributed by atoms with van der Waals surface area (Å²) in [4.78, 5) is 12.7. The van der Waals surface area contributed by atoms with Gasteiger partial charge in [0.15, 0.2) is 17.4 Å². The van der Waals surface area contributed by atoms with Gasteiger partial charge in [0, 0.05) is 0 Å². The molecule has 6 nitrogen and oxygen atoms in total. The lowest BCUT2D eigenvalue weighted by Crippen LogP contribution is -2.50. The fourth-order valence-corrected chi connectivity index (χ4v) is 2.71. The summed E-state index contributed by atoms with van der Waals surface area (Å²) in [5.74, 6) is -1.69. The molecule has 0 saturated carbocycles. The maximum atomic E-state index is 12.7. The van der Waals surface area contributed by atoms with E-state index in [0.717, 1.165) is 0 Å². The molecule has 3 atom stereocenters. The van der Waals surface area contributed by atoms with Crippen LogP contribution in [0, 0.1) is 5.41 Å². The van der Waals surface area contributed by atoms with Gasteiger partial charge in [0.05, 0.1) is 24.7 Å². The lowest BCUT2D eigenvalue weighted by molar-refractivity contribution is -0.174. The zero-order chi connectivity index (χ0) is 16.1. The monoisotopic (exact) mass is 302 g/mol. The van der Waals surface area contributed by atoms with E-state index in [9.17, 15) is 9.90 Å². The third-order valence-corrected chi connectivity index (χ3v) is 4.06. The Morgan fingerprint density at radius 3 is 2.05 bits per heavy atom. The first-order chi connectivity index (χ1) is 9.45. The first-order valence-corrected chi connectivity index (χ1v) is 7.30. The molecule has 0 unspecified atom stereocenters. The summed E-state index contributed by atoms with van der Waals surface area (Å²) in [7, 11) is 0. The van der Waals surface area contributed by atoms with E-state index >= 15 is 0 Å². The molecule has 2 aliphatic rings. The average molecular weight is 302 g/mol. The quantitative estimate of drug-likeness (QED) is 0.842. The Balaban J connectivity index is 2.05. The minimum Gasteiger partial charge on any atom is -0.389 e. The summed E-state index contributed by atoms with van der Waals surface area (Å²) < 4.78 is 22.1. The topological polar surface area (TPSA) is 74.2 Å². The highest BCUT2D eigenvalue weighted by molar-refractivity contribution is 5.89. The molecule has 1 N–H and O–H groups in total. The molecule has 122 valence electrons. The van der Waals surface area contributed by atoms with Gasteiger partial charge in [-0.1, -0.05) is 13.8 Å². The summed E-state index contributed by atoms with van der Waals surface area (Å²) in [5, 5.41) is 10.5. The maximum absolute atomic E-state index is 12.7. The number of rotatable bonds is 4. The van der Waals surface area contributed by atoms with Crippen LogP contribution in [0.3, 0.4) is 0 Å². The number of ketones is 1. The van der Waals surface area contributed by atoms with Crippen LogP contribution in [0.4, 0.5) is 0 Å². The van der Waals surface area contributed by atoms with Gasteiger partial charge >= 0.3 is 0 Å². The Labute approximate surface area is 125 Å². The van der Waals surface area contributed by atoms with Gasteiger partial charge < -0.3 is 24.1 Å². The zero-order valence-electron chi connectivity index (χ0n) is 13.6. The summed E-state index contributed by atoms with van der Waals surface area (Å²) in [6.45, 7) is 11.0. The van der Waals surface area contributed by atoms with Gasteiger partial charge in [-0.25, -0.2) is 0 Å². The Hall–Kier alpha value is -0.530. The molecule has 0 aromatic heterocycles. The van der Waals surface area contributed by atoms with Crippen molar-refractivity contribution in [3.05, 3.63) is 0 Å². The fourth-order valence-electron chi connectivity index (χ4n) is 2.71. The van der Waals surface area contributed by atoms with Crippen LogP contribution in [-0.4, -0.2) is 54.0 Å². The minimum atomic E-state index is -1.01. The van der Waals surface area contributed by atoms with Crippen molar-refractivity contribution in [2.45, 2.75) is 71.4 Å². The molecule has 0 aliphatic carbocycles. The molecular weight excluding hydrogens is 276 g/mol. The number of hydrogen-bond donors (Lipinski definition) is 1. The number of carbonyl (C=O) groups is 1. The second-order valence-electron chi connectivity index (χ2n) is 7.22. The fraction of sp³-hybridized carbons (Fsp3) is 0.933. The van der Waals surface area contributed by atoms with Crippen LogP contribution < -0.4 is 0 Å². The van der Waals surface area contributed by atoms with Crippen molar-refractivity contribution in [3.8, 4) is 0 Å². The van der Waals surface area contributed by atoms with Crippen LogP contribution in [0.25, 0.3) is 0 Å². The Bertz CT molecular complexity index is 414. The normalized spacial score (nSPS) is 33.1. The highest BCUT2D eigenvalue weighted by Crippen LogP contribution is 2.35. The largest absolute Gasteiger partial charge is 0.389 e. The Morgan fingerprint density at radius 2 is 1.62 bits per heavy atom. The lowest BCUT2D eigenvalue weighted by atomic mass is 9.77. The van der Waals surface area contributed by atoms with Crippen LogP contribution in [0.5, 0.6) is 0 Å². The van der Waals surface area contributed by atoms with E-state index in [1.54, 1.807) is 41.5 Å². The van der Waals surface area contributed by atoms with Crippen LogP contribution in [0.2, 0.25) is 0 Å². The number of hydrogen-bond acceptors (Lipinski definition) is 6. The standard InChI is InChI=1S/C15H26O6/c1-13(2,11(16)9-7-18-14(3,4)20-9)12(17)10-8-19-15(5,6)21-10/h9-11,16H,7-8H2,1-6H3/t9-,10+,11-/m0/s1. The molecule has 0 aromatic carbocycles. The molecule has 2 rings (SSSR count). The van der Waals surface area contributed by atoms with Gasteiger partial charge in [0.1, 0.15) is 12.2 Å². The van der Waals surface area contributed by atoms with Gasteiger partial charge in [-0.2, -0.15) is 0 Å². The van der Waals surface area contributed by atoms with Crippen molar-refractivity contribution < 1.29 is 28.8 Å². The van der Waals surface area contributed by atoms with Crippen molar-refractivity contribution in [3.63, 3.8) is 0 Å². The summed E-state index contributed by atoms with van der Waals surface area (Å²) in [6.07, 6.45) is -2.17. The highest BCUT2D eigenvalue weighted by atomic mass is 16.8. The molecule has 2 fully saturated rings. The third-order valence-electron chi connectivity index (χ3n) is 4.06. The van der Waals surface area contributed by atoms with E-state index in [2.05, 4.69) is 0 Å². The lowest BCUT2D eigenvalue weighted by Gasteiger charge is -2.34. The second kappa shape index (κ2) is 5.28. The van der Waals surface area contributed by atoms with Crippen molar-refractivity contribution in [2.24, 2.45) is 5.41 Å². The predicted molar refractivity (Wildman–Crippen MR) is 74.6 cm³/mol. The first kappa shape index (κ1) is 16.8. The Kier molecular flexibility index (Phi) is 4.23. The zero-order valence-corrected chi connectivity index (χ0v) is 13.6. The van der Waals surface area contributed by atoms with Gasteiger partial charge in [-0.15, -0.1) is 0 Å². The molecule has 21 heavy (non-hydrogen) atoms. The highest BCUT2D eigenvalue weighted by Gasteiger charge is 2.50.